The number of nitrogens with zero attached hydrogens (tertiary/aromatic N) is 2. The van der Waals surface area contributed by atoms with Gasteiger partial charge in [-0.15, -0.1) is 0 Å². The van der Waals surface area contributed by atoms with E-state index >= 15 is 0 Å². The van der Waals surface area contributed by atoms with E-state index in [-0.39, 0.29) is 11.4 Å². The molecule has 2 aromatic rings. The molecule has 0 bridgehead atoms. The fourth-order valence-electron chi connectivity index (χ4n) is 3.90. The highest BCUT2D eigenvalue weighted by molar-refractivity contribution is 6.07. The van der Waals surface area contributed by atoms with E-state index in [1.165, 1.54) is 28.5 Å². The minimum atomic E-state index is -0.709. The number of amides is 1. The molecule has 0 radical (unpaired) electrons. The summed E-state index contributed by atoms with van der Waals surface area (Å²) >= 11 is 0. The lowest BCUT2D eigenvalue weighted by molar-refractivity contribution is -0.299. The minimum Gasteiger partial charge on any atom is -0.868 e. The van der Waals surface area contributed by atoms with Crippen molar-refractivity contribution in [2.75, 3.05) is 6.54 Å². The Morgan fingerprint density at radius 1 is 1.22 bits per heavy atom. The molecule has 1 aliphatic carbocycles. The molecule has 4 rings (SSSR count). The van der Waals surface area contributed by atoms with Gasteiger partial charge < -0.3 is 10.0 Å². The summed E-state index contributed by atoms with van der Waals surface area (Å²) in [6.45, 7) is 1.69. The molecule has 1 amide bonds. The highest BCUT2D eigenvalue weighted by Gasteiger charge is 2.38. The van der Waals surface area contributed by atoms with Gasteiger partial charge in [0.15, 0.2) is 5.78 Å². The van der Waals surface area contributed by atoms with Crippen LogP contribution in [0.4, 0.5) is 0 Å². The highest BCUT2D eigenvalue weighted by Crippen LogP contribution is 2.37. The molecule has 0 N–H and O–H groups in total. The number of hydrogen-bond donors (Lipinski definition) is 0. The Labute approximate surface area is 157 Å². The number of ketones is 1. The molecule has 1 aromatic heterocycles. The lowest BCUT2D eigenvalue weighted by Crippen LogP contribution is -2.33. The first-order valence-electron chi connectivity index (χ1n) is 8.99. The molecular weight excluding hydrogens is 340 g/mol. The van der Waals surface area contributed by atoms with Crippen molar-refractivity contribution in [3.05, 3.63) is 82.9 Å². The molecule has 27 heavy (non-hydrogen) atoms. The minimum absolute atomic E-state index is 0.0134. The molecule has 1 aliphatic heterocycles. The molecule has 1 atom stereocenters. The SMILES string of the molecule is CC(=O)C1=C([O-])C(=O)N(CCC2=CCc3ccccc32)[C@H]1c1ccccn1. The highest BCUT2D eigenvalue weighted by atomic mass is 16.3. The van der Waals surface area contributed by atoms with E-state index in [0.717, 1.165) is 6.42 Å². The van der Waals surface area contributed by atoms with Crippen molar-refractivity contribution in [2.24, 2.45) is 0 Å². The number of pyridine rings is 1. The zero-order chi connectivity index (χ0) is 19.0. The Balaban J connectivity index is 1.62. The monoisotopic (exact) mass is 359 g/mol. The predicted octanol–water partition coefficient (Wildman–Crippen LogP) is 2.20. The first-order chi connectivity index (χ1) is 13.1. The van der Waals surface area contributed by atoms with Crippen LogP contribution in [0.15, 0.2) is 66.1 Å². The number of rotatable bonds is 5. The Bertz CT molecular complexity index is 976. The van der Waals surface area contributed by atoms with Crippen molar-refractivity contribution in [3.8, 4) is 0 Å². The molecule has 0 fully saturated rings. The van der Waals surface area contributed by atoms with Gasteiger partial charge in [0.25, 0.3) is 0 Å². The van der Waals surface area contributed by atoms with Crippen molar-refractivity contribution in [1.29, 1.82) is 0 Å². The molecule has 136 valence electrons. The second-order valence-electron chi connectivity index (χ2n) is 6.80. The van der Waals surface area contributed by atoms with Crippen LogP contribution in [0.3, 0.4) is 0 Å². The van der Waals surface area contributed by atoms with E-state index in [2.05, 4.69) is 23.2 Å². The van der Waals surface area contributed by atoms with Crippen LogP contribution in [-0.2, 0) is 16.0 Å². The summed E-state index contributed by atoms with van der Waals surface area (Å²) in [6, 6.07) is 12.8. The maximum absolute atomic E-state index is 12.6. The van der Waals surface area contributed by atoms with Gasteiger partial charge in [-0.1, -0.05) is 36.4 Å². The molecule has 1 aromatic carbocycles. The second kappa shape index (κ2) is 6.83. The summed E-state index contributed by atoms with van der Waals surface area (Å²) in [5.74, 6) is -1.71. The maximum atomic E-state index is 12.6. The van der Waals surface area contributed by atoms with Crippen LogP contribution in [0, 0.1) is 0 Å². The number of allylic oxidation sites excluding steroid dienone is 1. The lowest BCUT2D eigenvalue weighted by atomic mass is 10.00. The molecule has 0 spiro atoms. The first kappa shape index (κ1) is 17.2. The normalized spacial score (nSPS) is 18.7. The first-order valence-corrected chi connectivity index (χ1v) is 8.99. The molecule has 0 unspecified atom stereocenters. The van der Waals surface area contributed by atoms with Crippen LogP contribution in [-0.4, -0.2) is 28.1 Å². The zero-order valence-electron chi connectivity index (χ0n) is 15.0. The standard InChI is InChI=1S/C22H20N2O3/c1-14(25)19-20(18-8-4-5-12-23-18)24(22(27)21(19)26)13-11-16-10-9-15-6-2-3-7-17(15)16/h2-8,10,12,20,26H,9,11,13H2,1H3/p-1/t20-/m0/s1. The third-order valence-corrected chi connectivity index (χ3v) is 5.19. The van der Waals surface area contributed by atoms with Crippen molar-refractivity contribution in [1.82, 2.24) is 9.88 Å². The quantitative estimate of drug-likeness (QED) is 0.820. The van der Waals surface area contributed by atoms with Crippen LogP contribution in [0.5, 0.6) is 0 Å². The number of benzene rings is 1. The van der Waals surface area contributed by atoms with Gasteiger partial charge in [-0.25, -0.2) is 0 Å². The zero-order valence-corrected chi connectivity index (χ0v) is 15.0. The van der Waals surface area contributed by atoms with E-state index in [1.807, 2.05) is 12.1 Å². The Hall–Kier alpha value is -3.21. The van der Waals surface area contributed by atoms with Crippen LogP contribution in [0.1, 0.15) is 36.2 Å². The van der Waals surface area contributed by atoms with Gasteiger partial charge in [-0.2, -0.15) is 0 Å². The fraction of sp³-hybridized carbons (Fsp3) is 0.227. The van der Waals surface area contributed by atoms with Crippen molar-refractivity contribution in [2.45, 2.75) is 25.8 Å². The van der Waals surface area contributed by atoms with Gasteiger partial charge in [0.2, 0.25) is 5.91 Å². The predicted molar refractivity (Wildman–Crippen MR) is 99.1 cm³/mol. The average molecular weight is 359 g/mol. The summed E-state index contributed by atoms with van der Waals surface area (Å²) < 4.78 is 0. The number of Topliss-reactive ketones (excluding diaryl/α,β-unsaturated/α-hetero) is 1. The smallest absolute Gasteiger partial charge is 0.240 e. The number of carbonyl (C=O) groups is 2. The molecule has 0 saturated heterocycles. The summed E-state index contributed by atoms with van der Waals surface area (Å²) in [7, 11) is 0. The van der Waals surface area contributed by atoms with Crippen LogP contribution in [0.2, 0.25) is 0 Å². The lowest BCUT2D eigenvalue weighted by Gasteiger charge is -2.27. The molecule has 5 heteroatoms. The van der Waals surface area contributed by atoms with Crippen LogP contribution < -0.4 is 5.11 Å². The third kappa shape index (κ3) is 2.95. The summed E-state index contributed by atoms with van der Waals surface area (Å²) in [6.07, 6.45) is 5.28. The van der Waals surface area contributed by atoms with Crippen molar-refractivity contribution < 1.29 is 14.7 Å². The summed E-state index contributed by atoms with van der Waals surface area (Å²) in [5.41, 5.74) is 4.19. The molecular formula is C22H19N2O3-. The van der Waals surface area contributed by atoms with Gasteiger partial charge in [0.1, 0.15) is 6.04 Å². The van der Waals surface area contributed by atoms with Gasteiger partial charge >= 0.3 is 0 Å². The Morgan fingerprint density at radius 2 is 2.00 bits per heavy atom. The number of carbonyl (C=O) groups excluding carboxylic acids is 2. The second-order valence-corrected chi connectivity index (χ2v) is 6.80. The van der Waals surface area contributed by atoms with Gasteiger partial charge in [-0.05, 0) is 54.4 Å². The van der Waals surface area contributed by atoms with Crippen molar-refractivity contribution in [3.63, 3.8) is 0 Å². The Morgan fingerprint density at radius 3 is 2.74 bits per heavy atom. The van der Waals surface area contributed by atoms with Gasteiger partial charge in [0, 0.05) is 18.3 Å². The molecule has 0 saturated carbocycles. The van der Waals surface area contributed by atoms with E-state index < -0.39 is 17.7 Å². The van der Waals surface area contributed by atoms with Crippen molar-refractivity contribution >= 4 is 17.3 Å². The number of aromatic nitrogens is 1. The van der Waals surface area contributed by atoms with E-state index in [9.17, 15) is 14.7 Å². The molecule has 2 aliphatic rings. The summed E-state index contributed by atoms with van der Waals surface area (Å²) in [5, 5.41) is 12.4. The van der Waals surface area contributed by atoms with E-state index in [0.29, 0.717) is 18.7 Å². The van der Waals surface area contributed by atoms with E-state index in [1.54, 1.807) is 24.4 Å². The number of fused-ring (bicyclic) bond motifs is 1. The average Bonchev–Trinajstić information content (AvgIpc) is 3.20. The fourth-order valence-corrected chi connectivity index (χ4v) is 3.90. The van der Waals surface area contributed by atoms with E-state index in [4.69, 9.17) is 0 Å². The maximum Gasteiger partial charge on any atom is 0.240 e. The number of hydrogen-bond acceptors (Lipinski definition) is 4. The molecule has 5 nitrogen and oxygen atoms in total. The largest absolute Gasteiger partial charge is 0.868 e. The molecule has 2 heterocycles. The Kier molecular flexibility index (Phi) is 4.36. The van der Waals surface area contributed by atoms with Crippen LogP contribution in [0.25, 0.3) is 5.57 Å². The van der Waals surface area contributed by atoms with Crippen LogP contribution >= 0.6 is 0 Å². The third-order valence-electron chi connectivity index (χ3n) is 5.19. The topological polar surface area (TPSA) is 73.3 Å². The van der Waals surface area contributed by atoms with Gasteiger partial charge in [0.05, 0.1) is 5.69 Å². The van der Waals surface area contributed by atoms with Gasteiger partial charge in [-0.3, -0.25) is 14.6 Å². The summed E-state index contributed by atoms with van der Waals surface area (Å²) in [4.78, 5) is 30.5.